The fourth-order valence-corrected chi connectivity index (χ4v) is 4.98. The van der Waals surface area contributed by atoms with Crippen LogP contribution in [-0.4, -0.2) is 44.6 Å². The number of nitrogens with zero attached hydrogens (tertiary/aromatic N) is 1. The van der Waals surface area contributed by atoms with Crippen LogP contribution in [0.2, 0.25) is 0 Å². The number of carbonyl (C=O) groups is 1. The van der Waals surface area contributed by atoms with Crippen LogP contribution >= 0.6 is 0 Å². The second kappa shape index (κ2) is 7.50. The molecule has 29 heavy (non-hydrogen) atoms. The number of sulfonamides is 1. The number of rotatable bonds is 5. The van der Waals surface area contributed by atoms with Gasteiger partial charge in [0.15, 0.2) is 11.6 Å². The Morgan fingerprint density at radius 3 is 2.59 bits per heavy atom. The minimum atomic E-state index is -3.31. The predicted molar refractivity (Wildman–Crippen MR) is 106 cm³/mol. The highest BCUT2D eigenvalue weighted by Crippen LogP contribution is 2.51. The zero-order valence-corrected chi connectivity index (χ0v) is 16.8. The molecule has 1 N–H and O–H groups in total. The molecule has 0 aromatic heterocycles. The van der Waals surface area contributed by atoms with Gasteiger partial charge in [0.05, 0.1) is 6.26 Å². The minimum Gasteiger partial charge on any atom is -0.341 e. The maximum Gasteiger partial charge on any atom is 0.226 e. The summed E-state index contributed by atoms with van der Waals surface area (Å²) < 4.78 is 53.4. The Labute approximate surface area is 168 Å². The third-order valence-corrected chi connectivity index (χ3v) is 6.35. The van der Waals surface area contributed by atoms with E-state index in [4.69, 9.17) is 0 Å². The topological polar surface area (TPSA) is 66.5 Å². The molecular formula is C21H22F2N2O3S. The summed E-state index contributed by atoms with van der Waals surface area (Å²) in [7, 11) is -3.31. The first-order valence-corrected chi connectivity index (χ1v) is 11.4. The van der Waals surface area contributed by atoms with E-state index in [2.05, 4.69) is 4.72 Å². The van der Waals surface area contributed by atoms with Gasteiger partial charge in [0.2, 0.25) is 15.9 Å². The van der Waals surface area contributed by atoms with Gasteiger partial charge in [0, 0.05) is 30.6 Å². The molecule has 1 saturated heterocycles. The molecule has 0 unspecified atom stereocenters. The highest BCUT2D eigenvalue weighted by Gasteiger charge is 2.47. The molecule has 0 spiro atoms. The van der Waals surface area contributed by atoms with Gasteiger partial charge in [0.1, 0.15) is 0 Å². The fourth-order valence-electron chi connectivity index (χ4n) is 4.18. The van der Waals surface area contributed by atoms with Gasteiger partial charge in [0.25, 0.3) is 0 Å². The van der Waals surface area contributed by atoms with E-state index in [-0.39, 0.29) is 29.3 Å². The number of hydrogen-bond donors (Lipinski definition) is 1. The van der Waals surface area contributed by atoms with Gasteiger partial charge in [-0.25, -0.2) is 21.9 Å². The van der Waals surface area contributed by atoms with Crippen LogP contribution in [0.15, 0.2) is 42.5 Å². The average Bonchev–Trinajstić information content (AvgIpc) is 3.34. The summed E-state index contributed by atoms with van der Waals surface area (Å²) in [6, 6.07) is 11.0. The summed E-state index contributed by atoms with van der Waals surface area (Å²) >= 11 is 0. The second-order valence-electron chi connectivity index (χ2n) is 7.80. The SMILES string of the molecule is CS(=O)(=O)N[C@H]1CCN(C(=O)[C@@H]2C[C@H]2c2ccccc2-c2cccc(F)c2F)C1. The number of amides is 1. The molecule has 0 bridgehead atoms. The average molecular weight is 420 g/mol. The van der Waals surface area contributed by atoms with Gasteiger partial charge < -0.3 is 4.90 Å². The van der Waals surface area contributed by atoms with E-state index in [1.165, 1.54) is 6.07 Å². The highest BCUT2D eigenvalue weighted by molar-refractivity contribution is 7.88. The lowest BCUT2D eigenvalue weighted by molar-refractivity contribution is -0.131. The first-order valence-electron chi connectivity index (χ1n) is 9.54. The number of nitrogens with one attached hydrogen (secondary N) is 1. The lowest BCUT2D eigenvalue weighted by atomic mass is 9.95. The summed E-state index contributed by atoms with van der Waals surface area (Å²) in [5.41, 5.74) is 1.63. The molecule has 0 radical (unpaired) electrons. The van der Waals surface area contributed by atoms with Crippen LogP contribution in [0.4, 0.5) is 8.78 Å². The van der Waals surface area contributed by atoms with Crippen LogP contribution in [0.3, 0.4) is 0 Å². The van der Waals surface area contributed by atoms with Crippen LogP contribution in [0.25, 0.3) is 11.1 Å². The monoisotopic (exact) mass is 420 g/mol. The lowest BCUT2D eigenvalue weighted by Gasteiger charge is -2.17. The summed E-state index contributed by atoms with van der Waals surface area (Å²) in [6.07, 6.45) is 2.34. The van der Waals surface area contributed by atoms with E-state index in [0.29, 0.717) is 31.5 Å². The smallest absolute Gasteiger partial charge is 0.226 e. The van der Waals surface area contributed by atoms with Crippen LogP contribution in [0.1, 0.15) is 24.3 Å². The van der Waals surface area contributed by atoms with Crippen LogP contribution in [0, 0.1) is 17.6 Å². The van der Waals surface area contributed by atoms with Crippen molar-refractivity contribution in [2.75, 3.05) is 19.3 Å². The first-order chi connectivity index (χ1) is 13.7. The van der Waals surface area contributed by atoms with E-state index < -0.39 is 21.7 Å². The Morgan fingerprint density at radius 2 is 1.83 bits per heavy atom. The Bertz CT molecular complexity index is 1060. The molecule has 1 amide bonds. The van der Waals surface area contributed by atoms with E-state index >= 15 is 0 Å². The lowest BCUT2D eigenvalue weighted by Crippen LogP contribution is -2.38. The third-order valence-electron chi connectivity index (χ3n) is 5.59. The molecule has 1 aliphatic carbocycles. The van der Waals surface area contributed by atoms with Gasteiger partial charge in [-0.15, -0.1) is 0 Å². The molecule has 2 fully saturated rings. The molecule has 1 aliphatic heterocycles. The number of benzene rings is 2. The molecule has 1 heterocycles. The predicted octanol–water partition coefficient (Wildman–Crippen LogP) is 2.89. The summed E-state index contributed by atoms with van der Waals surface area (Å²) in [6.45, 7) is 0.866. The Balaban J connectivity index is 1.50. The van der Waals surface area contributed by atoms with Crippen molar-refractivity contribution in [3.05, 3.63) is 59.7 Å². The van der Waals surface area contributed by atoms with Crippen LogP contribution in [-0.2, 0) is 14.8 Å². The molecule has 4 rings (SSSR count). The molecule has 154 valence electrons. The van der Waals surface area contributed by atoms with Crippen molar-refractivity contribution in [1.29, 1.82) is 0 Å². The van der Waals surface area contributed by atoms with Gasteiger partial charge in [-0.1, -0.05) is 36.4 Å². The highest BCUT2D eigenvalue weighted by atomic mass is 32.2. The van der Waals surface area contributed by atoms with Crippen molar-refractivity contribution in [3.63, 3.8) is 0 Å². The molecule has 1 saturated carbocycles. The van der Waals surface area contributed by atoms with Gasteiger partial charge in [-0.05, 0) is 36.0 Å². The third kappa shape index (κ3) is 4.18. The molecule has 5 nitrogen and oxygen atoms in total. The molecular weight excluding hydrogens is 398 g/mol. The first kappa shape index (κ1) is 20.0. The number of likely N-dealkylation sites (tertiary alicyclic amines) is 1. The fraction of sp³-hybridized carbons (Fsp3) is 0.381. The van der Waals surface area contributed by atoms with E-state index in [1.54, 1.807) is 23.1 Å². The minimum absolute atomic E-state index is 0.0117. The van der Waals surface area contributed by atoms with Crippen LogP contribution < -0.4 is 4.72 Å². The van der Waals surface area contributed by atoms with Gasteiger partial charge in [-0.3, -0.25) is 4.79 Å². The van der Waals surface area contributed by atoms with E-state index in [9.17, 15) is 22.0 Å². The zero-order chi connectivity index (χ0) is 20.8. The zero-order valence-electron chi connectivity index (χ0n) is 15.9. The number of halogens is 2. The molecule has 2 aliphatic rings. The summed E-state index contributed by atoms with van der Waals surface area (Å²) in [5, 5.41) is 0. The normalized spacial score (nSPS) is 24.0. The maximum atomic E-state index is 14.3. The standard InChI is InChI=1S/C21H22F2N2O3S/c1-29(27,28)24-13-9-10-25(12-13)21(26)18-11-17(18)15-6-3-2-5-14(15)16-7-4-8-19(22)20(16)23/h2-8,13,17-18,24H,9-12H2,1H3/t13-,17-,18+/m0/s1. The van der Waals surface area contributed by atoms with Crippen LogP contribution in [0.5, 0.6) is 0 Å². The van der Waals surface area contributed by atoms with Crippen molar-refractivity contribution in [3.8, 4) is 11.1 Å². The second-order valence-corrected chi connectivity index (χ2v) is 9.58. The van der Waals surface area contributed by atoms with E-state index in [1.807, 2.05) is 12.1 Å². The van der Waals surface area contributed by atoms with Crippen molar-refractivity contribution in [2.45, 2.75) is 24.8 Å². The summed E-state index contributed by atoms with van der Waals surface area (Å²) in [4.78, 5) is 14.6. The molecule has 3 atom stereocenters. The largest absolute Gasteiger partial charge is 0.341 e. The maximum absolute atomic E-state index is 14.3. The Morgan fingerprint density at radius 1 is 1.10 bits per heavy atom. The number of carbonyl (C=O) groups excluding carboxylic acids is 1. The molecule has 2 aromatic rings. The van der Waals surface area contributed by atoms with Gasteiger partial charge >= 0.3 is 0 Å². The van der Waals surface area contributed by atoms with Crippen molar-refractivity contribution in [1.82, 2.24) is 9.62 Å². The quantitative estimate of drug-likeness (QED) is 0.809. The van der Waals surface area contributed by atoms with Crippen molar-refractivity contribution in [2.24, 2.45) is 5.92 Å². The van der Waals surface area contributed by atoms with Crippen molar-refractivity contribution < 1.29 is 22.0 Å². The van der Waals surface area contributed by atoms with Gasteiger partial charge in [-0.2, -0.15) is 0 Å². The number of hydrogen-bond acceptors (Lipinski definition) is 3. The Hall–Kier alpha value is -2.32. The molecule has 2 aromatic carbocycles. The van der Waals surface area contributed by atoms with E-state index in [0.717, 1.165) is 17.9 Å². The van der Waals surface area contributed by atoms with Crippen molar-refractivity contribution >= 4 is 15.9 Å². The molecule has 8 heteroatoms. The Kier molecular flexibility index (Phi) is 5.16. The summed E-state index contributed by atoms with van der Waals surface area (Å²) in [5.74, 6) is -2.07.